The van der Waals surface area contributed by atoms with Gasteiger partial charge < -0.3 is 15.7 Å². The summed E-state index contributed by atoms with van der Waals surface area (Å²) >= 11 is 5.61. The van der Waals surface area contributed by atoms with Crippen LogP contribution in [-0.4, -0.2) is 30.1 Å². The molecule has 0 atom stereocenters. The molecule has 0 saturated carbocycles. The van der Waals surface area contributed by atoms with Crippen molar-refractivity contribution in [3.05, 3.63) is 29.0 Å². The average molecular weight is 261 g/mol. The van der Waals surface area contributed by atoms with Gasteiger partial charge in [0.05, 0.1) is 12.3 Å². The minimum absolute atomic E-state index is 0.0513. The van der Waals surface area contributed by atoms with Crippen molar-refractivity contribution in [2.45, 2.75) is 0 Å². The molecule has 0 heterocycles. The summed E-state index contributed by atoms with van der Waals surface area (Å²) in [6.45, 7) is -0.338. The van der Waals surface area contributed by atoms with Crippen LogP contribution < -0.4 is 10.6 Å². The Bertz CT molecular complexity index is 440. The highest BCUT2D eigenvalue weighted by atomic mass is 35.5. The second-order valence-electron chi connectivity index (χ2n) is 3.06. The van der Waals surface area contributed by atoms with Gasteiger partial charge in [0.15, 0.2) is 0 Å². The first-order valence-corrected chi connectivity index (χ1v) is 5.07. The van der Waals surface area contributed by atoms with Crippen molar-refractivity contribution in [3.8, 4) is 0 Å². The second kappa shape index (κ2) is 6.17. The maximum Gasteiger partial charge on any atom is 0.313 e. The maximum absolute atomic E-state index is 13.2. The molecule has 1 aromatic carbocycles. The van der Waals surface area contributed by atoms with Crippen molar-refractivity contribution in [3.63, 3.8) is 0 Å². The van der Waals surface area contributed by atoms with Gasteiger partial charge in [0, 0.05) is 11.6 Å². The third-order valence-electron chi connectivity index (χ3n) is 1.78. The lowest BCUT2D eigenvalue weighted by Crippen LogP contribution is -2.37. The molecule has 0 aliphatic carbocycles. The van der Waals surface area contributed by atoms with Crippen LogP contribution in [0.5, 0.6) is 0 Å². The zero-order valence-electron chi connectivity index (χ0n) is 8.67. The summed E-state index contributed by atoms with van der Waals surface area (Å²) in [5.74, 6) is -2.68. The quantitative estimate of drug-likeness (QED) is 0.694. The Hall–Kier alpha value is -1.66. The molecule has 1 rings (SSSR count). The lowest BCUT2D eigenvalue weighted by atomic mass is 10.3. The number of halogens is 2. The van der Waals surface area contributed by atoms with E-state index in [0.29, 0.717) is 0 Å². The highest BCUT2D eigenvalue weighted by Crippen LogP contribution is 2.19. The summed E-state index contributed by atoms with van der Waals surface area (Å²) in [7, 11) is 0. The minimum atomic E-state index is -1.03. The molecule has 92 valence electrons. The molecule has 0 unspecified atom stereocenters. The number of anilines is 1. The Morgan fingerprint density at radius 3 is 2.71 bits per heavy atom. The topological polar surface area (TPSA) is 78.4 Å². The molecular weight excluding hydrogens is 251 g/mol. The molecule has 0 spiro atoms. The zero-order valence-corrected chi connectivity index (χ0v) is 9.42. The number of amides is 2. The van der Waals surface area contributed by atoms with E-state index in [9.17, 15) is 14.0 Å². The molecule has 0 saturated heterocycles. The minimum Gasteiger partial charge on any atom is -0.395 e. The standard InChI is InChI=1S/C10H10ClFN2O3/c11-6-1-2-7(12)8(5-6)14-10(17)9(16)13-3-4-15/h1-2,5,15H,3-4H2,(H,13,16)(H,14,17). The van der Waals surface area contributed by atoms with E-state index in [-0.39, 0.29) is 23.9 Å². The number of nitrogens with one attached hydrogen (secondary N) is 2. The van der Waals surface area contributed by atoms with Crippen LogP contribution in [-0.2, 0) is 9.59 Å². The van der Waals surface area contributed by atoms with E-state index in [4.69, 9.17) is 16.7 Å². The van der Waals surface area contributed by atoms with Crippen LogP contribution >= 0.6 is 11.6 Å². The number of hydrogen-bond acceptors (Lipinski definition) is 3. The van der Waals surface area contributed by atoms with Gasteiger partial charge in [-0.15, -0.1) is 0 Å². The second-order valence-corrected chi connectivity index (χ2v) is 3.49. The van der Waals surface area contributed by atoms with Crippen LogP contribution in [0.2, 0.25) is 5.02 Å². The zero-order chi connectivity index (χ0) is 12.8. The predicted molar refractivity (Wildman–Crippen MR) is 60.1 cm³/mol. The van der Waals surface area contributed by atoms with Gasteiger partial charge in [-0.1, -0.05) is 11.6 Å². The Morgan fingerprint density at radius 1 is 1.35 bits per heavy atom. The van der Waals surface area contributed by atoms with Gasteiger partial charge >= 0.3 is 11.8 Å². The molecule has 0 radical (unpaired) electrons. The fourth-order valence-corrected chi connectivity index (χ4v) is 1.19. The van der Waals surface area contributed by atoms with E-state index in [0.717, 1.165) is 6.07 Å². The lowest BCUT2D eigenvalue weighted by Gasteiger charge is -2.06. The summed E-state index contributed by atoms with van der Waals surface area (Å²) in [5.41, 5.74) is -0.179. The van der Waals surface area contributed by atoms with Crippen molar-refractivity contribution >= 4 is 29.1 Å². The molecule has 2 amide bonds. The van der Waals surface area contributed by atoms with Crippen molar-refractivity contribution in [1.82, 2.24) is 5.32 Å². The maximum atomic E-state index is 13.2. The Balaban J connectivity index is 2.67. The van der Waals surface area contributed by atoms with Gasteiger partial charge in [0.25, 0.3) is 0 Å². The fraction of sp³-hybridized carbons (Fsp3) is 0.200. The molecule has 0 aliphatic rings. The molecule has 1 aromatic rings. The Morgan fingerprint density at radius 2 is 2.06 bits per heavy atom. The summed E-state index contributed by atoms with van der Waals surface area (Å²) in [6, 6.07) is 3.58. The first-order valence-electron chi connectivity index (χ1n) is 4.69. The van der Waals surface area contributed by atoms with Gasteiger partial charge in [-0.25, -0.2) is 4.39 Å². The Labute approximate surface area is 102 Å². The molecule has 7 heteroatoms. The van der Waals surface area contributed by atoms with Crippen molar-refractivity contribution in [2.75, 3.05) is 18.5 Å². The molecule has 3 N–H and O–H groups in total. The van der Waals surface area contributed by atoms with E-state index in [1.165, 1.54) is 12.1 Å². The van der Waals surface area contributed by atoms with Crippen molar-refractivity contribution in [1.29, 1.82) is 0 Å². The predicted octanol–water partition coefficient (Wildman–Crippen LogP) is 0.526. The van der Waals surface area contributed by atoms with Crippen LogP contribution in [0.15, 0.2) is 18.2 Å². The third-order valence-corrected chi connectivity index (χ3v) is 2.02. The van der Waals surface area contributed by atoms with E-state index < -0.39 is 17.6 Å². The number of rotatable bonds is 3. The molecule has 5 nitrogen and oxygen atoms in total. The van der Waals surface area contributed by atoms with Crippen LogP contribution in [0.4, 0.5) is 10.1 Å². The molecule has 0 aliphatic heterocycles. The summed E-state index contributed by atoms with van der Waals surface area (Å²) in [4.78, 5) is 22.4. The van der Waals surface area contributed by atoms with Crippen LogP contribution in [0.3, 0.4) is 0 Å². The molecule has 0 fully saturated rings. The molecule has 0 aromatic heterocycles. The van der Waals surface area contributed by atoms with Crippen LogP contribution in [0.1, 0.15) is 0 Å². The average Bonchev–Trinajstić information content (AvgIpc) is 2.30. The SMILES string of the molecule is O=C(NCCO)C(=O)Nc1cc(Cl)ccc1F. The smallest absolute Gasteiger partial charge is 0.313 e. The number of hydrogen-bond donors (Lipinski definition) is 3. The van der Waals surface area contributed by atoms with Crippen LogP contribution in [0, 0.1) is 5.82 Å². The summed E-state index contributed by atoms with van der Waals surface area (Å²) in [6.07, 6.45) is 0. The van der Waals surface area contributed by atoms with Crippen LogP contribution in [0.25, 0.3) is 0 Å². The first kappa shape index (κ1) is 13.4. The number of aliphatic hydroxyl groups is 1. The van der Waals surface area contributed by atoms with Gasteiger partial charge in [0.1, 0.15) is 5.82 Å². The highest BCUT2D eigenvalue weighted by molar-refractivity contribution is 6.39. The van der Waals surface area contributed by atoms with Gasteiger partial charge in [-0.05, 0) is 18.2 Å². The van der Waals surface area contributed by atoms with Gasteiger partial charge in [-0.3, -0.25) is 9.59 Å². The van der Waals surface area contributed by atoms with Crippen molar-refractivity contribution in [2.24, 2.45) is 0 Å². The fourth-order valence-electron chi connectivity index (χ4n) is 1.02. The number of benzene rings is 1. The highest BCUT2D eigenvalue weighted by Gasteiger charge is 2.14. The van der Waals surface area contributed by atoms with E-state index >= 15 is 0 Å². The number of carbonyl (C=O) groups is 2. The molecular formula is C10H10ClFN2O3. The van der Waals surface area contributed by atoms with E-state index in [1.807, 2.05) is 0 Å². The molecule has 17 heavy (non-hydrogen) atoms. The van der Waals surface area contributed by atoms with E-state index in [2.05, 4.69) is 10.6 Å². The first-order chi connectivity index (χ1) is 8.04. The normalized spacial score (nSPS) is 9.82. The third kappa shape index (κ3) is 4.01. The summed E-state index contributed by atoms with van der Waals surface area (Å²) in [5, 5.41) is 12.9. The largest absolute Gasteiger partial charge is 0.395 e. The summed E-state index contributed by atoms with van der Waals surface area (Å²) < 4.78 is 13.2. The van der Waals surface area contributed by atoms with Gasteiger partial charge in [0.2, 0.25) is 0 Å². The lowest BCUT2D eigenvalue weighted by molar-refractivity contribution is -0.136. The number of carbonyl (C=O) groups excluding carboxylic acids is 2. The Kier molecular flexibility index (Phi) is 4.86. The monoisotopic (exact) mass is 260 g/mol. The van der Waals surface area contributed by atoms with Crippen molar-refractivity contribution < 1.29 is 19.1 Å². The van der Waals surface area contributed by atoms with E-state index in [1.54, 1.807) is 0 Å². The van der Waals surface area contributed by atoms with Gasteiger partial charge in [-0.2, -0.15) is 0 Å². The number of aliphatic hydroxyl groups excluding tert-OH is 1. The molecule has 0 bridgehead atoms.